The Balaban J connectivity index is 2.22. The van der Waals surface area contributed by atoms with Crippen LogP contribution in [0.1, 0.15) is 31.9 Å². The number of anilines is 2. The topological polar surface area (TPSA) is 75.3 Å². The first-order valence-corrected chi connectivity index (χ1v) is 9.49. The normalized spacial score (nSPS) is 11.9. The standard InChI is InChI=1S/C19H24N2O3S/c1-13-7-6-8-14(2)17(13)21-25(23,24)16-11-9-15(10-12-16)20-18(22)19(3,4)5/h6-12,21H,1-5H3,(H,20,22). The van der Waals surface area contributed by atoms with Gasteiger partial charge in [-0.15, -0.1) is 0 Å². The Morgan fingerprint density at radius 2 is 1.44 bits per heavy atom. The maximum atomic E-state index is 12.6. The lowest BCUT2D eigenvalue weighted by Crippen LogP contribution is -2.27. The number of carbonyl (C=O) groups excluding carboxylic acids is 1. The van der Waals surface area contributed by atoms with E-state index in [4.69, 9.17) is 0 Å². The van der Waals surface area contributed by atoms with Crippen LogP contribution < -0.4 is 10.0 Å². The summed E-state index contributed by atoms with van der Waals surface area (Å²) < 4.78 is 27.8. The van der Waals surface area contributed by atoms with Crippen LogP contribution in [0.15, 0.2) is 47.4 Å². The molecule has 0 aliphatic heterocycles. The van der Waals surface area contributed by atoms with Crippen LogP contribution in [-0.4, -0.2) is 14.3 Å². The first kappa shape index (κ1) is 19.0. The number of hydrogen-bond donors (Lipinski definition) is 2. The minimum Gasteiger partial charge on any atom is -0.326 e. The minimum absolute atomic E-state index is 0.128. The highest BCUT2D eigenvalue weighted by atomic mass is 32.2. The van der Waals surface area contributed by atoms with Crippen LogP contribution in [0.4, 0.5) is 11.4 Å². The molecule has 0 aliphatic rings. The molecule has 0 spiro atoms. The average Bonchev–Trinajstić information content (AvgIpc) is 2.51. The zero-order valence-corrected chi connectivity index (χ0v) is 16.0. The summed E-state index contributed by atoms with van der Waals surface area (Å²) in [5, 5.41) is 2.77. The third-order valence-corrected chi connectivity index (χ3v) is 5.19. The molecular formula is C19H24N2O3S. The van der Waals surface area contributed by atoms with Gasteiger partial charge in [0.1, 0.15) is 0 Å². The molecule has 2 rings (SSSR count). The summed E-state index contributed by atoms with van der Waals surface area (Å²) in [6.07, 6.45) is 0. The smallest absolute Gasteiger partial charge is 0.261 e. The van der Waals surface area contributed by atoms with Crippen LogP contribution in [0.2, 0.25) is 0 Å². The van der Waals surface area contributed by atoms with E-state index >= 15 is 0 Å². The molecule has 0 fully saturated rings. The van der Waals surface area contributed by atoms with Gasteiger partial charge in [0.2, 0.25) is 5.91 Å². The third kappa shape index (κ3) is 4.60. The van der Waals surface area contributed by atoms with Gasteiger partial charge in [-0.3, -0.25) is 9.52 Å². The lowest BCUT2D eigenvalue weighted by molar-refractivity contribution is -0.123. The van der Waals surface area contributed by atoms with E-state index in [0.717, 1.165) is 11.1 Å². The second-order valence-corrected chi connectivity index (χ2v) is 8.78. The van der Waals surface area contributed by atoms with E-state index in [1.54, 1.807) is 12.1 Å². The second kappa shape index (κ2) is 6.88. The molecule has 0 aliphatic carbocycles. The largest absolute Gasteiger partial charge is 0.326 e. The fourth-order valence-corrected chi connectivity index (χ4v) is 3.41. The molecule has 0 heterocycles. The van der Waals surface area contributed by atoms with Crippen LogP contribution >= 0.6 is 0 Å². The highest BCUT2D eigenvalue weighted by Gasteiger charge is 2.21. The van der Waals surface area contributed by atoms with Gasteiger partial charge in [-0.05, 0) is 49.2 Å². The molecule has 0 bridgehead atoms. The fraction of sp³-hybridized carbons (Fsp3) is 0.316. The van der Waals surface area contributed by atoms with Crippen LogP contribution in [0, 0.1) is 19.3 Å². The van der Waals surface area contributed by atoms with Gasteiger partial charge in [-0.2, -0.15) is 0 Å². The Morgan fingerprint density at radius 3 is 1.92 bits per heavy atom. The van der Waals surface area contributed by atoms with Crippen molar-refractivity contribution in [2.75, 3.05) is 10.0 Å². The molecule has 0 aromatic heterocycles. The molecule has 0 unspecified atom stereocenters. The molecule has 0 radical (unpaired) electrons. The van der Waals surface area contributed by atoms with E-state index in [1.807, 2.05) is 52.8 Å². The van der Waals surface area contributed by atoms with E-state index in [-0.39, 0.29) is 10.8 Å². The van der Waals surface area contributed by atoms with Gasteiger partial charge >= 0.3 is 0 Å². The SMILES string of the molecule is Cc1cccc(C)c1NS(=O)(=O)c1ccc(NC(=O)C(C)(C)C)cc1. The van der Waals surface area contributed by atoms with Gasteiger partial charge < -0.3 is 5.32 Å². The van der Waals surface area contributed by atoms with Crippen LogP contribution in [0.3, 0.4) is 0 Å². The predicted octanol–water partition coefficient (Wildman–Crippen LogP) is 4.09. The van der Waals surface area contributed by atoms with E-state index in [9.17, 15) is 13.2 Å². The Kier molecular flexibility index (Phi) is 5.23. The minimum atomic E-state index is -3.69. The summed E-state index contributed by atoms with van der Waals surface area (Å²) in [5.41, 5.74) is 2.35. The maximum absolute atomic E-state index is 12.6. The molecule has 0 saturated carbocycles. The molecular weight excluding hydrogens is 336 g/mol. The first-order chi connectivity index (χ1) is 11.5. The molecule has 6 heteroatoms. The zero-order chi connectivity index (χ0) is 18.8. The summed E-state index contributed by atoms with van der Waals surface area (Å²) >= 11 is 0. The summed E-state index contributed by atoms with van der Waals surface area (Å²) in [6, 6.07) is 11.7. The Labute approximate surface area is 149 Å². The van der Waals surface area contributed by atoms with E-state index in [1.165, 1.54) is 12.1 Å². The first-order valence-electron chi connectivity index (χ1n) is 8.01. The number of sulfonamides is 1. The van der Waals surface area contributed by atoms with Crippen molar-refractivity contribution in [3.8, 4) is 0 Å². The van der Waals surface area contributed by atoms with Crippen molar-refractivity contribution >= 4 is 27.3 Å². The highest BCUT2D eigenvalue weighted by Crippen LogP contribution is 2.24. The molecule has 5 nitrogen and oxygen atoms in total. The quantitative estimate of drug-likeness (QED) is 0.862. The lowest BCUT2D eigenvalue weighted by atomic mass is 9.95. The number of hydrogen-bond acceptors (Lipinski definition) is 3. The zero-order valence-electron chi connectivity index (χ0n) is 15.2. The Hall–Kier alpha value is -2.34. The monoisotopic (exact) mass is 360 g/mol. The van der Waals surface area contributed by atoms with Gasteiger partial charge in [0.25, 0.3) is 10.0 Å². The molecule has 134 valence electrons. The van der Waals surface area contributed by atoms with Crippen molar-refractivity contribution < 1.29 is 13.2 Å². The molecule has 0 saturated heterocycles. The number of amides is 1. The Bertz CT molecular complexity index is 860. The molecule has 2 aromatic carbocycles. The summed E-state index contributed by atoms with van der Waals surface area (Å²) in [6.45, 7) is 9.16. The number of nitrogens with one attached hydrogen (secondary N) is 2. The average molecular weight is 360 g/mol. The number of carbonyl (C=O) groups is 1. The fourth-order valence-electron chi connectivity index (χ4n) is 2.20. The van der Waals surface area contributed by atoms with Crippen molar-refractivity contribution in [3.05, 3.63) is 53.6 Å². The predicted molar refractivity (Wildman–Crippen MR) is 101 cm³/mol. The van der Waals surface area contributed by atoms with Crippen molar-refractivity contribution in [2.24, 2.45) is 5.41 Å². The van der Waals surface area contributed by atoms with Crippen molar-refractivity contribution in [3.63, 3.8) is 0 Å². The molecule has 2 N–H and O–H groups in total. The van der Waals surface area contributed by atoms with Gasteiger partial charge in [-0.1, -0.05) is 39.0 Å². The number of para-hydroxylation sites is 1. The van der Waals surface area contributed by atoms with Crippen LogP contribution in [-0.2, 0) is 14.8 Å². The van der Waals surface area contributed by atoms with Crippen molar-refractivity contribution in [1.82, 2.24) is 0 Å². The van der Waals surface area contributed by atoms with E-state index < -0.39 is 15.4 Å². The van der Waals surface area contributed by atoms with E-state index in [0.29, 0.717) is 11.4 Å². The van der Waals surface area contributed by atoms with Gasteiger partial charge in [-0.25, -0.2) is 8.42 Å². The van der Waals surface area contributed by atoms with Crippen molar-refractivity contribution in [2.45, 2.75) is 39.5 Å². The molecule has 1 amide bonds. The maximum Gasteiger partial charge on any atom is 0.261 e. The highest BCUT2D eigenvalue weighted by molar-refractivity contribution is 7.92. The summed E-state index contributed by atoms with van der Waals surface area (Å²) in [7, 11) is -3.69. The van der Waals surface area contributed by atoms with Gasteiger partial charge in [0.05, 0.1) is 10.6 Å². The van der Waals surface area contributed by atoms with Crippen LogP contribution in [0.5, 0.6) is 0 Å². The van der Waals surface area contributed by atoms with Crippen LogP contribution in [0.25, 0.3) is 0 Å². The molecule has 2 aromatic rings. The number of aryl methyl sites for hydroxylation is 2. The third-order valence-electron chi connectivity index (χ3n) is 3.82. The Morgan fingerprint density at radius 1 is 0.920 bits per heavy atom. The van der Waals surface area contributed by atoms with Gasteiger partial charge in [0.15, 0.2) is 0 Å². The second-order valence-electron chi connectivity index (χ2n) is 7.10. The number of benzene rings is 2. The van der Waals surface area contributed by atoms with Crippen molar-refractivity contribution in [1.29, 1.82) is 0 Å². The van der Waals surface area contributed by atoms with Gasteiger partial charge in [0, 0.05) is 11.1 Å². The molecule has 0 atom stereocenters. The summed E-state index contributed by atoms with van der Waals surface area (Å²) in [5.74, 6) is -0.128. The van der Waals surface area contributed by atoms with E-state index in [2.05, 4.69) is 10.0 Å². The molecule has 25 heavy (non-hydrogen) atoms. The number of rotatable bonds is 4. The summed E-state index contributed by atoms with van der Waals surface area (Å²) in [4.78, 5) is 12.1. The lowest BCUT2D eigenvalue weighted by Gasteiger charge is -2.18.